The van der Waals surface area contributed by atoms with E-state index in [-0.39, 0.29) is 5.91 Å². The van der Waals surface area contributed by atoms with Gasteiger partial charge in [0.1, 0.15) is 17.8 Å². The minimum Gasteiger partial charge on any atom is -0.496 e. The second kappa shape index (κ2) is 10.3. The minimum atomic E-state index is -0.350. The standard InChI is InChI=1S/C24H23ClN6O3/c1-15(2)12-31-14-28-21-22(31)26-13-27-24(21)34-19-9-6-17(20(10-19)33-3)11-29-30-23(32)16-4-7-18(25)8-5-16/h4-11,13-15H,12H2,1-3H3,(H,30,32)/b29-11+. The molecule has 0 fully saturated rings. The summed E-state index contributed by atoms with van der Waals surface area (Å²) in [5, 5.41) is 4.57. The van der Waals surface area contributed by atoms with E-state index < -0.39 is 0 Å². The Balaban J connectivity index is 1.49. The van der Waals surface area contributed by atoms with Crippen molar-refractivity contribution in [1.82, 2.24) is 24.9 Å². The van der Waals surface area contributed by atoms with E-state index >= 15 is 0 Å². The number of ether oxygens (including phenoxy) is 2. The molecule has 0 unspecified atom stereocenters. The summed E-state index contributed by atoms with van der Waals surface area (Å²) in [7, 11) is 1.54. The molecule has 0 saturated carbocycles. The largest absolute Gasteiger partial charge is 0.496 e. The lowest BCUT2D eigenvalue weighted by molar-refractivity contribution is 0.0955. The third-order valence-electron chi connectivity index (χ3n) is 4.83. The summed E-state index contributed by atoms with van der Waals surface area (Å²) in [5.74, 6) is 1.48. The Hall–Kier alpha value is -3.98. The molecule has 1 amide bonds. The van der Waals surface area contributed by atoms with E-state index in [1.54, 1.807) is 55.9 Å². The molecule has 0 aliphatic heterocycles. The number of amides is 1. The zero-order valence-corrected chi connectivity index (χ0v) is 19.7. The number of fused-ring (bicyclic) bond motifs is 1. The summed E-state index contributed by atoms with van der Waals surface area (Å²) < 4.78 is 13.4. The molecule has 4 rings (SSSR count). The van der Waals surface area contributed by atoms with Gasteiger partial charge in [0.25, 0.3) is 11.8 Å². The zero-order chi connectivity index (χ0) is 24.1. The Morgan fingerprint density at radius 2 is 1.97 bits per heavy atom. The molecule has 0 saturated heterocycles. The first-order valence-corrected chi connectivity index (χ1v) is 10.9. The van der Waals surface area contributed by atoms with E-state index in [1.165, 1.54) is 12.5 Å². The van der Waals surface area contributed by atoms with Gasteiger partial charge in [0, 0.05) is 28.8 Å². The van der Waals surface area contributed by atoms with Crippen LogP contribution >= 0.6 is 11.6 Å². The molecule has 0 spiro atoms. The molecule has 0 atom stereocenters. The maximum Gasteiger partial charge on any atom is 0.271 e. The lowest BCUT2D eigenvalue weighted by Gasteiger charge is -2.10. The van der Waals surface area contributed by atoms with Crippen LogP contribution in [0.25, 0.3) is 11.2 Å². The SMILES string of the molecule is COc1cc(Oc2ncnc3c2ncn3CC(C)C)ccc1/C=N/NC(=O)c1ccc(Cl)cc1. The van der Waals surface area contributed by atoms with Gasteiger partial charge in [-0.3, -0.25) is 4.79 Å². The molecule has 2 aromatic carbocycles. The van der Waals surface area contributed by atoms with Crippen molar-refractivity contribution in [3.63, 3.8) is 0 Å². The fourth-order valence-corrected chi connectivity index (χ4v) is 3.39. The summed E-state index contributed by atoms with van der Waals surface area (Å²) in [6.07, 6.45) is 4.69. The number of nitrogens with zero attached hydrogens (tertiary/aromatic N) is 5. The van der Waals surface area contributed by atoms with Crippen molar-refractivity contribution in [2.75, 3.05) is 7.11 Å². The van der Waals surface area contributed by atoms with Crippen LogP contribution in [-0.4, -0.2) is 38.8 Å². The average molecular weight is 479 g/mol. The molecule has 4 aromatic rings. The summed E-state index contributed by atoms with van der Waals surface area (Å²) in [5.41, 5.74) is 4.88. The van der Waals surface area contributed by atoms with Crippen molar-refractivity contribution in [2.24, 2.45) is 11.0 Å². The third-order valence-corrected chi connectivity index (χ3v) is 5.08. The molecule has 2 heterocycles. The van der Waals surface area contributed by atoms with Crippen molar-refractivity contribution in [1.29, 1.82) is 0 Å². The van der Waals surface area contributed by atoms with E-state index in [1.807, 2.05) is 4.57 Å². The second-order valence-electron chi connectivity index (χ2n) is 7.85. The van der Waals surface area contributed by atoms with Crippen LogP contribution in [0.3, 0.4) is 0 Å². The topological polar surface area (TPSA) is 104 Å². The molecule has 0 aliphatic carbocycles. The van der Waals surface area contributed by atoms with Crippen molar-refractivity contribution in [3.8, 4) is 17.4 Å². The molecule has 0 aliphatic rings. The van der Waals surface area contributed by atoms with Crippen LogP contribution in [-0.2, 0) is 6.54 Å². The van der Waals surface area contributed by atoms with Gasteiger partial charge >= 0.3 is 0 Å². The van der Waals surface area contributed by atoms with Gasteiger partial charge in [0.05, 0.1) is 19.7 Å². The number of carbonyl (C=O) groups is 1. The first-order chi connectivity index (χ1) is 16.4. The molecule has 34 heavy (non-hydrogen) atoms. The molecule has 10 heteroatoms. The maximum atomic E-state index is 12.2. The zero-order valence-electron chi connectivity index (χ0n) is 18.9. The first kappa shape index (κ1) is 23.2. The average Bonchev–Trinajstić information content (AvgIpc) is 3.23. The summed E-state index contributed by atoms with van der Waals surface area (Å²) in [6.45, 7) is 5.05. The highest BCUT2D eigenvalue weighted by molar-refractivity contribution is 6.30. The Morgan fingerprint density at radius 1 is 1.18 bits per heavy atom. The molecule has 9 nitrogen and oxygen atoms in total. The molecule has 2 aromatic heterocycles. The van der Waals surface area contributed by atoms with E-state index in [2.05, 4.69) is 39.3 Å². The molecule has 174 valence electrons. The van der Waals surface area contributed by atoms with Gasteiger partial charge in [-0.25, -0.2) is 15.4 Å². The highest BCUT2D eigenvalue weighted by atomic mass is 35.5. The first-order valence-electron chi connectivity index (χ1n) is 10.6. The van der Waals surface area contributed by atoms with Crippen LogP contribution < -0.4 is 14.9 Å². The lowest BCUT2D eigenvalue weighted by atomic mass is 10.2. The number of hydrogen-bond donors (Lipinski definition) is 1. The number of rotatable bonds is 8. The molecular formula is C24H23ClN6O3. The van der Waals surface area contributed by atoms with E-state index in [9.17, 15) is 4.79 Å². The van der Waals surface area contributed by atoms with Crippen LogP contribution in [0.2, 0.25) is 5.02 Å². The van der Waals surface area contributed by atoms with Crippen molar-refractivity contribution < 1.29 is 14.3 Å². The van der Waals surface area contributed by atoms with Crippen LogP contribution in [0.1, 0.15) is 29.8 Å². The lowest BCUT2D eigenvalue weighted by Crippen LogP contribution is -2.17. The second-order valence-corrected chi connectivity index (χ2v) is 8.29. The van der Waals surface area contributed by atoms with Crippen LogP contribution in [0, 0.1) is 5.92 Å². The van der Waals surface area contributed by atoms with Crippen molar-refractivity contribution in [2.45, 2.75) is 20.4 Å². The molecular weight excluding hydrogens is 456 g/mol. The number of imidazole rings is 1. The van der Waals surface area contributed by atoms with Crippen molar-refractivity contribution in [3.05, 3.63) is 71.3 Å². The fourth-order valence-electron chi connectivity index (χ4n) is 3.26. The van der Waals surface area contributed by atoms with Gasteiger partial charge in [-0.15, -0.1) is 0 Å². The predicted molar refractivity (Wildman–Crippen MR) is 130 cm³/mol. The summed E-state index contributed by atoms with van der Waals surface area (Å²) >= 11 is 5.85. The minimum absolute atomic E-state index is 0.350. The normalized spacial score (nSPS) is 11.3. The predicted octanol–water partition coefficient (Wildman–Crippen LogP) is 4.70. The highest BCUT2D eigenvalue weighted by Gasteiger charge is 2.14. The highest BCUT2D eigenvalue weighted by Crippen LogP contribution is 2.29. The third kappa shape index (κ3) is 5.32. The van der Waals surface area contributed by atoms with Gasteiger partial charge in [0.15, 0.2) is 11.2 Å². The van der Waals surface area contributed by atoms with E-state index in [4.69, 9.17) is 21.1 Å². The van der Waals surface area contributed by atoms with Crippen LogP contribution in [0.4, 0.5) is 0 Å². The smallest absolute Gasteiger partial charge is 0.271 e. The van der Waals surface area contributed by atoms with Gasteiger partial charge in [-0.05, 0) is 42.3 Å². The number of hydrazone groups is 1. The number of hydrogen-bond acceptors (Lipinski definition) is 7. The van der Waals surface area contributed by atoms with E-state index in [0.29, 0.717) is 50.6 Å². The van der Waals surface area contributed by atoms with E-state index in [0.717, 1.165) is 6.54 Å². The Morgan fingerprint density at radius 3 is 2.71 bits per heavy atom. The number of benzene rings is 2. The number of carbonyl (C=O) groups excluding carboxylic acids is 1. The monoisotopic (exact) mass is 478 g/mol. The van der Waals surface area contributed by atoms with Gasteiger partial charge in [-0.1, -0.05) is 25.4 Å². The Kier molecular flexibility index (Phi) is 7.03. The van der Waals surface area contributed by atoms with Gasteiger partial charge < -0.3 is 14.0 Å². The quantitative estimate of drug-likeness (QED) is 0.291. The van der Waals surface area contributed by atoms with Gasteiger partial charge in [0.2, 0.25) is 0 Å². The number of halogens is 1. The molecule has 0 radical (unpaired) electrons. The Bertz CT molecular complexity index is 1330. The van der Waals surface area contributed by atoms with Crippen molar-refractivity contribution >= 4 is 34.9 Å². The molecule has 0 bridgehead atoms. The summed E-state index contributed by atoms with van der Waals surface area (Å²) in [6, 6.07) is 11.8. The van der Waals surface area contributed by atoms with Crippen LogP contribution in [0.5, 0.6) is 17.4 Å². The molecule has 1 N–H and O–H groups in total. The number of nitrogens with one attached hydrogen (secondary N) is 1. The van der Waals surface area contributed by atoms with Gasteiger partial charge in [-0.2, -0.15) is 10.1 Å². The number of aromatic nitrogens is 4. The fraction of sp³-hybridized carbons (Fsp3) is 0.208. The van der Waals surface area contributed by atoms with Crippen LogP contribution in [0.15, 0.2) is 60.2 Å². The number of methoxy groups -OCH3 is 1. The summed E-state index contributed by atoms with van der Waals surface area (Å²) in [4.78, 5) is 25.2. The maximum absolute atomic E-state index is 12.2. The Labute approximate surface area is 201 Å².